The summed E-state index contributed by atoms with van der Waals surface area (Å²) in [6, 6.07) is 3.54. The molecule has 0 radical (unpaired) electrons. The Morgan fingerprint density at radius 3 is 2.88 bits per heavy atom. The van der Waals surface area contributed by atoms with E-state index < -0.39 is 0 Å². The third kappa shape index (κ3) is 2.39. The zero-order chi connectivity index (χ0) is 16.8. The van der Waals surface area contributed by atoms with E-state index in [0.717, 1.165) is 46.6 Å². The fourth-order valence-corrected chi connectivity index (χ4v) is 3.52. The zero-order valence-corrected chi connectivity index (χ0v) is 15.0. The molecule has 4 heterocycles. The summed E-state index contributed by atoms with van der Waals surface area (Å²) < 4.78 is 2.37. The molecule has 0 unspecified atom stereocenters. The standard InChI is InChI=1S/C17H16BrN5O/c1-10-11(2)17(21-23-15(24)3-5-19-16(10)23)22-6-4-14-12(9-22)7-13(18)8-20-14/h3,5,7-8H,4,6,9H2,1-2H3. The van der Waals surface area contributed by atoms with Crippen LogP contribution in [0.15, 0.2) is 33.8 Å². The van der Waals surface area contributed by atoms with Gasteiger partial charge in [-0.25, -0.2) is 4.98 Å². The number of rotatable bonds is 1. The smallest absolute Gasteiger partial charge is 0.274 e. The second-order valence-corrected chi connectivity index (χ2v) is 6.94. The molecule has 0 aliphatic carbocycles. The molecule has 24 heavy (non-hydrogen) atoms. The van der Waals surface area contributed by atoms with Gasteiger partial charge >= 0.3 is 0 Å². The Balaban J connectivity index is 1.84. The molecule has 3 aromatic rings. The number of pyridine rings is 1. The van der Waals surface area contributed by atoms with Crippen LogP contribution in [0.25, 0.3) is 5.65 Å². The van der Waals surface area contributed by atoms with Gasteiger partial charge in [0.2, 0.25) is 0 Å². The lowest BCUT2D eigenvalue weighted by Crippen LogP contribution is -2.33. The van der Waals surface area contributed by atoms with E-state index in [1.807, 2.05) is 20.0 Å². The molecule has 1 aliphatic rings. The van der Waals surface area contributed by atoms with E-state index in [-0.39, 0.29) is 5.56 Å². The lowest BCUT2D eigenvalue weighted by atomic mass is 10.0. The first-order chi connectivity index (χ1) is 11.5. The molecule has 122 valence electrons. The van der Waals surface area contributed by atoms with Crippen molar-refractivity contribution in [2.24, 2.45) is 0 Å². The second kappa shape index (κ2) is 5.66. The molecule has 0 atom stereocenters. The average molecular weight is 386 g/mol. The van der Waals surface area contributed by atoms with Crippen molar-refractivity contribution in [1.82, 2.24) is 19.6 Å². The van der Waals surface area contributed by atoms with Gasteiger partial charge in [-0.2, -0.15) is 4.52 Å². The highest BCUT2D eigenvalue weighted by atomic mass is 79.9. The van der Waals surface area contributed by atoms with Crippen LogP contribution >= 0.6 is 15.9 Å². The van der Waals surface area contributed by atoms with Crippen molar-refractivity contribution in [3.8, 4) is 0 Å². The Labute approximate surface area is 147 Å². The van der Waals surface area contributed by atoms with E-state index in [2.05, 4.69) is 42.0 Å². The molecule has 0 aromatic carbocycles. The topological polar surface area (TPSA) is 63.4 Å². The predicted molar refractivity (Wildman–Crippen MR) is 95.4 cm³/mol. The Bertz CT molecular complexity index is 1010. The molecular formula is C17H16BrN5O. The van der Waals surface area contributed by atoms with Crippen molar-refractivity contribution < 1.29 is 0 Å². The minimum atomic E-state index is -0.161. The van der Waals surface area contributed by atoms with Gasteiger partial charge in [-0.15, -0.1) is 5.10 Å². The van der Waals surface area contributed by atoms with Gasteiger partial charge in [0.1, 0.15) is 0 Å². The quantitative estimate of drug-likeness (QED) is 0.643. The van der Waals surface area contributed by atoms with Gasteiger partial charge < -0.3 is 4.90 Å². The Morgan fingerprint density at radius 2 is 2.04 bits per heavy atom. The summed E-state index contributed by atoms with van der Waals surface area (Å²) in [4.78, 5) is 23.1. The molecular weight excluding hydrogens is 370 g/mol. The highest BCUT2D eigenvalue weighted by Crippen LogP contribution is 2.28. The maximum atomic E-state index is 12.1. The van der Waals surface area contributed by atoms with Crippen molar-refractivity contribution in [2.75, 3.05) is 11.4 Å². The van der Waals surface area contributed by atoms with Gasteiger partial charge in [-0.3, -0.25) is 9.78 Å². The summed E-state index contributed by atoms with van der Waals surface area (Å²) in [6.45, 7) is 5.58. The Kier molecular flexibility index (Phi) is 3.60. The first-order valence-corrected chi connectivity index (χ1v) is 8.57. The maximum Gasteiger partial charge on any atom is 0.274 e. The van der Waals surface area contributed by atoms with Gasteiger partial charge in [0, 0.05) is 59.3 Å². The minimum absolute atomic E-state index is 0.161. The van der Waals surface area contributed by atoms with E-state index >= 15 is 0 Å². The van der Waals surface area contributed by atoms with E-state index in [9.17, 15) is 4.79 Å². The Morgan fingerprint density at radius 1 is 1.21 bits per heavy atom. The molecule has 0 bridgehead atoms. The van der Waals surface area contributed by atoms with Crippen molar-refractivity contribution >= 4 is 27.4 Å². The minimum Gasteiger partial charge on any atom is -0.350 e. The average Bonchev–Trinajstić information content (AvgIpc) is 2.58. The molecule has 1 aliphatic heterocycles. The number of hydrogen-bond acceptors (Lipinski definition) is 5. The second-order valence-electron chi connectivity index (χ2n) is 6.02. The molecule has 7 heteroatoms. The van der Waals surface area contributed by atoms with E-state index in [1.54, 1.807) is 0 Å². The van der Waals surface area contributed by atoms with Gasteiger partial charge in [0.05, 0.1) is 0 Å². The largest absolute Gasteiger partial charge is 0.350 e. The van der Waals surface area contributed by atoms with Crippen LogP contribution in [0, 0.1) is 13.8 Å². The van der Waals surface area contributed by atoms with Gasteiger partial charge in [0.25, 0.3) is 5.56 Å². The molecule has 6 nitrogen and oxygen atoms in total. The van der Waals surface area contributed by atoms with E-state index in [0.29, 0.717) is 5.65 Å². The molecule has 0 fully saturated rings. The SMILES string of the molecule is Cc1c(N2CCc3ncc(Br)cc3C2)nn2c(=O)ccnc2c1C. The third-order valence-electron chi connectivity index (χ3n) is 4.56. The highest BCUT2D eigenvalue weighted by molar-refractivity contribution is 9.10. The van der Waals surface area contributed by atoms with Crippen molar-refractivity contribution in [2.45, 2.75) is 26.8 Å². The van der Waals surface area contributed by atoms with Crippen LogP contribution in [0.5, 0.6) is 0 Å². The molecule has 0 saturated carbocycles. The molecule has 0 spiro atoms. The number of nitrogens with zero attached hydrogens (tertiary/aromatic N) is 5. The molecule has 4 rings (SSSR count). The van der Waals surface area contributed by atoms with Crippen molar-refractivity contribution in [3.63, 3.8) is 0 Å². The lowest BCUT2D eigenvalue weighted by molar-refractivity contribution is 0.683. The predicted octanol–water partition coefficient (Wildman–Crippen LogP) is 2.43. The fourth-order valence-electron chi connectivity index (χ4n) is 3.14. The fraction of sp³-hybridized carbons (Fsp3) is 0.294. The van der Waals surface area contributed by atoms with Crippen LogP contribution in [0.1, 0.15) is 22.4 Å². The molecule has 0 N–H and O–H groups in total. The summed E-state index contributed by atoms with van der Waals surface area (Å²) in [5.41, 5.74) is 4.81. The number of hydrogen-bond donors (Lipinski definition) is 0. The third-order valence-corrected chi connectivity index (χ3v) is 4.99. The first kappa shape index (κ1) is 15.3. The van der Waals surface area contributed by atoms with Gasteiger partial charge in [-0.05, 0) is 41.4 Å². The summed E-state index contributed by atoms with van der Waals surface area (Å²) in [5.74, 6) is 0.834. The summed E-state index contributed by atoms with van der Waals surface area (Å²) >= 11 is 3.48. The number of aromatic nitrogens is 4. The van der Waals surface area contributed by atoms with Crippen LogP contribution < -0.4 is 10.5 Å². The van der Waals surface area contributed by atoms with Gasteiger partial charge in [0.15, 0.2) is 11.5 Å². The summed E-state index contributed by atoms with van der Waals surface area (Å²) in [7, 11) is 0. The number of anilines is 1. The van der Waals surface area contributed by atoms with Crippen LogP contribution in [-0.2, 0) is 13.0 Å². The monoisotopic (exact) mass is 385 g/mol. The van der Waals surface area contributed by atoms with Gasteiger partial charge in [-0.1, -0.05) is 0 Å². The molecule has 0 amide bonds. The van der Waals surface area contributed by atoms with E-state index in [1.165, 1.54) is 22.3 Å². The molecule has 3 aromatic heterocycles. The maximum absolute atomic E-state index is 12.1. The van der Waals surface area contributed by atoms with Crippen molar-refractivity contribution in [3.05, 3.63) is 61.7 Å². The van der Waals surface area contributed by atoms with Crippen LogP contribution in [0.4, 0.5) is 5.82 Å². The normalized spacial score (nSPS) is 14.0. The van der Waals surface area contributed by atoms with Crippen LogP contribution in [-0.4, -0.2) is 26.1 Å². The number of aryl methyl sites for hydroxylation is 1. The van der Waals surface area contributed by atoms with Crippen molar-refractivity contribution in [1.29, 1.82) is 0 Å². The summed E-state index contributed by atoms with van der Waals surface area (Å²) in [6.07, 6.45) is 4.23. The number of halogens is 1. The van der Waals surface area contributed by atoms with Crippen LogP contribution in [0.2, 0.25) is 0 Å². The first-order valence-electron chi connectivity index (χ1n) is 7.78. The van der Waals surface area contributed by atoms with Crippen LogP contribution in [0.3, 0.4) is 0 Å². The van der Waals surface area contributed by atoms with E-state index in [4.69, 9.17) is 0 Å². The highest BCUT2D eigenvalue weighted by Gasteiger charge is 2.22. The molecule has 0 saturated heterocycles. The lowest BCUT2D eigenvalue weighted by Gasteiger charge is -2.30. The number of fused-ring (bicyclic) bond motifs is 2. The zero-order valence-electron chi connectivity index (χ0n) is 13.5. The summed E-state index contributed by atoms with van der Waals surface area (Å²) in [5, 5.41) is 4.59. The Hall–Kier alpha value is -2.28.